The molecule has 3 heteroatoms. The van der Waals surface area contributed by atoms with E-state index in [0.717, 1.165) is 12.8 Å². The van der Waals surface area contributed by atoms with Crippen molar-refractivity contribution in [3.8, 4) is 6.07 Å². The quantitative estimate of drug-likeness (QED) is 0.882. The summed E-state index contributed by atoms with van der Waals surface area (Å²) >= 11 is 0. The Morgan fingerprint density at radius 3 is 2.39 bits per heavy atom. The smallest absolute Gasteiger partial charge is 0.252 e. The van der Waals surface area contributed by atoms with E-state index in [-0.39, 0.29) is 11.9 Å². The Balaban J connectivity index is 2.02. The van der Waals surface area contributed by atoms with Crippen LogP contribution < -0.4 is 5.32 Å². The van der Waals surface area contributed by atoms with Crippen molar-refractivity contribution in [1.29, 1.82) is 5.26 Å². The summed E-state index contributed by atoms with van der Waals surface area (Å²) in [5.74, 6) is 0.665. The summed E-state index contributed by atoms with van der Waals surface area (Å²) in [5, 5.41) is 11.8. The molecule has 18 heavy (non-hydrogen) atoms. The van der Waals surface area contributed by atoms with E-state index in [1.54, 1.807) is 0 Å². The highest BCUT2D eigenvalue weighted by atomic mass is 16.1. The van der Waals surface area contributed by atoms with Crippen molar-refractivity contribution in [2.24, 2.45) is 5.92 Å². The van der Waals surface area contributed by atoms with E-state index in [1.807, 2.05) is 24.3 Å². The van der Waals surface area contributed by atoms with E-state index in [4.69, 9.17) is 5.26 Å². The number of nitrogens with one attached hydrogen (secondary N) is 1. The number of rotatable bonds is 4. The van der Waals surface area contributed by atoms with Crippen LogP contribution in [0.5, 0.6) is 0 Å². The molecule has 0 aromatic heterocycles. The van der Waals surface area contributed by atoms with Gasteiger partial charge in [-0.3, -0.25) is 4.79 Å². The fourth-order valence-corrected chi connectivity index (χ4v) is 1.93. The molecule has 0 bridgehead atoms. The molecule has 0 aliphatic heterocycles. The Kier molecular flexibility index (Phi) is 3.66. The van der Waals surface area contributed by atoms with Crippen molar-refractivity contribution in [3.05, 3.63) is 35.4 Å². The van der Waals surface area contributed by atoms with Crippen LogP contribution in [0.25, 0.3) is 0 Å². The van der Waals surface area contributed by atoms with Crippen LogP contribution in [0.15, 0.2) is 24.3 Å². The maximum atomic E-state index is 12.0. The molecule has 2 rings (SSSR count). The van der Waals surface area contributed by atoms with Gasteiger partial charge in [-0.15, -0.1) is 0 Å². The first-order valence-corrected chi connectivity index (χ1v) is 6.42. The average molecular weight is 242 g/mol. The van der Waals surface area contributed by atoms with Gasteiger partial charge < -0.3 is 5.32 Å². The minimum absolute atomic E-state index is 0.149. The minimum Gasteiger partial charge on any atom is -0.336 e. The van der Waals surface area contributed by atoms with Crippen LogP contribution in [0, 0.1) is 17.2 Å². The third kappa shape index (κ3) is 2.89. The molecule has 1 aliphatic carbocycles. The molecule has 1 amide bonds. The van der Waals surface area contributed by atoms with E-state index < -0.39 is 0 Å². The lowest BCUT2D eigenvalue weighted by Gasteiger charge is -2.11. The van der Waals surface area contributed by atoms with Gasteiger partial charge in [0.05, 0.1) is 6.07 Å². The Hall–Kier alpha value is -1.82. The summed E-state index contributed by atoms with van der Waals surface area (Å²) < 4.78 is 0. The summed E-state index contributed by atoms with van der Waals surface area (Å²) in [7, 11) is 0. The minimum atomic E-state index is -0.331. The number of benzene rings is 1. The van der Waals surface area contributed by atoms with Crippen molar-refractivity contribution in [2.45, 2.75) is 38.6 Å². The molecule has 0 saturated heterocycles. The summed E-state index contributed by atoms with van der Waals surface area (Å²) in [6, 6.07) is 9.42. The van der Waals surface area contributed by atoms with Crippen LogP contribution in [-0.2, 0) is 0 Å². The number of hydrogen-bond acceptors (Lipinski definition) is 2. The van der Waals surface area contributed by atoms with Gasteiger partial charge in [-0.1, -0.05) is 26.0 Å². The first kappa shape index (κ1) is 12.6. The van der Waals surface area contributed by atoms with Crippen molar-refractivity contribution in [2.75, 3.05) is 0 Å². The summed E-state index contributed by atoms with van der Waals surface area (Å²) in [5.41, 5.74) is 1.84. The second kappa shape index (κ2) is 5.22. The Bertz CT molecular complexity index is 466. The zero-order chi connectivity index (χ0) is 13.1. The molecule has 1 saturated carbocycles. The second-order valence-electron chi connectivity index (χ2n) is 5.19. The predicted molar refractivity (Wildman–Crippen MR) is 70.1 cm³/mol. The van der Waals surface area contributed by atoms with Crippen LogP contribution in [-0.4, -0.2) is 11.9 Å². The van der Waals surface area contributed by atoms with Crippen LogP contribution in [0.3, 0.4) is 0 Å². The third-order valence-corrected chi connectivity index (χ3v) is 3.36. The lowest BCUT2D eigenvalue weighted by Crippen LogP contribution is -2.35. The van der Waals surface area contributed by atoms with Crippen LogP contribution in [0.1, 0.15) is 48.5 Å². The lowest BCUT2D eigenvalue weighted by molar-refractivity contribution is 0.0942. The van der Waals surface area contributed by atoms with Crippen LogP contribution in [0.2, 0.25) is 0 Å². The number of carbonyl (C=O) groups excluding carboxylic acids is 1. The highest BCUT2D eigenvalue weighted by molar-refractivity contribution is 5.94. The Labute approximate surface area is 108 Å². The van der Waals surface area contributed by atoms with Gasteiger partial charge in [-0.2, -0.15) is 5.26 Å². The Morgan fingerprint density at radius 2 is 1.94 bits per heavy atom. The molecule has 1 aliphatic rings. The molecule has 1 N–H and O–H groups in total. The van der Waals surface area contributed by atoms with E-state index >= 15 is 0 Å². The first-order valence-electron chi connectivity index (χ1n) is 6.42. The molecular formula is C15H18N2O. The molecule has 1 aromatic rings. The first-order chi connectivity index (χ1) is 8.61. The van der Waals surface area contributed by atoms with Gasteiger partial charge in [0.1, 0.15) is 6.04 Å². The van der Waals surface area contributed by atoms with Crippen LogP contribution >= 0.6 is 0 Å². The van der Waals surface area contributed by atoms with E-state index in [0.29, 0.717) is 17.4 Å². The fourth-order valence-electron chi connectivity index (χ4n) is 1.93. The number of nitrogens with zero attached hydrogens (tertiary/aromatic N) is 1. The number of nitriles is 1. The van der Waals surface area contributed by atoms with Gasteiger partial charge >= 0.3 is 0 Å². The van der Waals surface area contributed by atoms with E-state index in [9.17, 15) is 4.79 Å². The standard InChI is InChI=1S/C15H18N2O/c1-10(2)11-3-7-13(8-4-11)15(18)17-14(9-16)12-5-6-12/h3-4,7-8,10,12,14H,5-6H2,1-2H3,(H,17,18). The summed E-state index contributed by atoms with van der Waals surface area (Å²) in [4.78, 5) is 12.0. The monoisotopic (exact) mass is 242 g/mol. The molecule has 1 fully saturated rings. The van der Waals surface area contributed by atoms with Gasteiger partial charge in [-0.05, 0) is 42.4 Å². The largest absolute Gasteiger partial charge is 0.336 e. The molecule has 0 spiro atoms. The molecule has 1 aromatic carbocycles. The summed E-state index contributed by atoms with van der Waals surface area (Å²) in [6.07, 6.45) is 2.09. The molecule has 1 atom stereocenters. The molecule has 0 heterocycles. The fraction of sp³-hybridized carbons (Fsp3) is 0.467. The number of carbonyl (C=O) groups is 1. The zero-order valence-corrected chi connectivity index (χ0v) is 10.8. The van der Waals surface area contributed by atoms with Crippen molar-refractivity contribution in [3.63, 3.8) is 0 Å². The SMILES string of the molecule is CC(C)c1ccc(C(=O)NC(C#N)C2CC2)cc1. The maximum Gasteiger partial charge on any atom is 0.252 e. The van der Waals surface area contributed by atoms with E-state index in [1.165, 1.54) is 5.56 Å². The topological polar surface area (TPSA) is 52.9 Å². The van der Waals surface area contributed by atoms with Gasteiger partial charge in [0.15, 0.2) is 0 Å². The molecule has 1 unspecified atom stereocenters. The number of amides is 1. The molecule has 94 valence electrons. The van der Waals surface area contributed by atoms with Gasteiger partial charge in [0, 0.05) is 5.56 Å². The van der Waals surface area contributed by atoms with Gasteiger partial charge in [0.2, 0.25) is 0 Å². The van der Waals surface area contributed by atoms with Crippen molar-refractivity contribution >= 4 is 5.91 Å². The molecule has 3 nitrogen and oxygen atoms in total. The zero-order valence-electron chi connectivity index (χ0n) is 10.8. The van der Waals surface area contributed by atoms with Gasteiger partial charge in [0.25, 0.3) is 5.91 Å². The van der Waals surface area contributed by atoms with Crippen LogP contribution in [0.4, 0.5) is 0 Å². The number of hydrogen-bond donors (Lipinski definition) is 1. The van der Waals surface area contributed by atoms with Crippen molar-refractivity contribution < 1.29 is 4.79 Å². The Morgan fingerprint density at radius 1 is 1.33 bits per heavy atom. The highest BCUT2D eigenvalue weighted by Gasteiger charge is 2.32. The third-order valence-electron chi connectivity index (χ3n) is 3.36. The maximum absolute atomic E-state index is 12.0. The highest BCUT2D eigenvalue weighted by Crippen LogP contribution is 2.32. The molecular weight excluding hydrogens is 224 g/mol. The van der Waals surface area contributed by atoms with Gasteiger partial charge in [-0.25, -0.2) is 0 Å². The second-order valence-corrected chi connectivity index (χ2v) is 5.19. The molecule has 0 radical (unpaired) electrons. The summed E-state index contributed by atoms with van der Waals surface area (Å²) in [6.45, 7) is 4.24. The lowest BCUT2D eigenvalue weighted by atomic mass is 10.0. The van der Waals surface area contributed by atoms with Crippen molar-refractivity contribution in [1.82, 2.24) is 5.32 Å². The normalized spacial score (nSPS) is 16.1. The average Bonchev–Trinajstić information content (AvgIpc) is 3.20. The van der Waals surface area contributed by atoms with E-state index in [2.05, 4.69) is 25.2 Å². The predicted octanol–water partition coefficient (Wildman–Crippen LogP) is 2.84.